The summed E-state index contributed by atoms with van der Waals surface area (Å²) in [6, 6.07) is 21.0. The lowest BCUT2D eigenvalue weighted by atomic mass is 9.95. The average Bonchev–Trinajstić information content (AvgIpc) is 1.01. The van der Waals surface area contributed by atoms with Gasteiger partial charge in [0.1, 0.15) is 49.2 Å². The minimum Gasteiger partial charge on any atom is -0.462 e. The van der Waals surface area contributed by atoms with E-state index < -0.39 is 177 Å². The first kappa shape index (κ1) is 105. The Balaban J connectivity index is 1.29. The number of amides is 2. The standard InChI is InChI=1S/C91H128Cl3F6N2O21P/c1-6-11-15-19-20-21-22-26-33-43-77(104)118-73(42-32-25-18-14-9-4)53-76(103)101-80-84(121-78(105)54-71(40-30-23-16-12-7-2)112-57-65-44-48-69(49-45-65)90(95,96)97)82(107)74(119-86(80)111-52-10-5)62-114-87-81(102-88(108)115-63-89(92,93)94)85(122-79(106)55-72(41-31-24-17-13-8-3)113-58-66-46-50-70(51-47-66)91(98,99)100)83(75(120-87)61-110-56-64-36-28-27-29-37-64)123-124(109)116-59-67-38-34-35-39-68(67)60-117-124/h10,27-29,34-39,44-51,71-75,80-87,107H,5-9,11-26,30-33,40-43,52-63H2,1-4H3,(H,101,103)(H,102,108)/t71-,72-,73-,74-,75-,80-,81-,82-,83-,84-,85-,86+,87-/m1/s1. The molecule has 2 fully saturated rings. The summed E-state index contributed by atoms with van der Waals surface area (Å²) in [5, 5.41) is 18.6. The molecule has 13 atom stereocenters. The number of phosphoric ester groups is 1. The lowest BCUT2D eigenvalue weighted by molar-refractivity contribution is -0.304. The Morgan fingerprint density at radius 1 is 0.516 bits per heavy atom. The molecule has 7 rings (SSSR count). The largest absolute Gasteiger partial charge is 0.475 e. The van der Waals surface area contributed by atoms with E-state index in [1.165, 1.54) is 43.2 Å². The summed E-state index contributed by atoms with van der Waals surface area (Å²) >= 11 is 18.4. The lowest BCUT2D eigenvalue weighted by Crippen LogP contribution is -2.68. The van der Waals surface area contributed by atoms with Crippen LogP contribution in [0.3, 0.4) is 0 Å². The number of alkyl halides is 9. The minimum absolute atomic E-state index is 0.0914. The van der Waals surface area contributed by atoms with Gasteiger partial charge in [-0.05, 0) is 84.2 Å². The van der Waals surface area contributed by atoms with Crippen molar-refractivity contribution < 1.29 is 126 Å². The Morgan fingerprint density at radius 2 is 0.960 bits per heavy atom. The molecule has 696 valence electrons. The van der Waals surface area contributed by atoms with Crippen molar-refractivity contribution in [2.75, 3.05) is 26.4 Å². The van der Waals surface area contributed by atoms with Crippen LogP contribution in [0.2, 0.25) is 0 Å². The molecule has 33 heteroatoms. The summed E-state index contributed by atoms with van der Waals surface area (Å²) in [6.45, 7) is 8.48. The highest BCUT2D eigenvalue weighted by molar-refractivity contribution is 7.48. The molecule has 0 aliphatic carbocycles. The number of fused-ring (bicyclic) bond motifs is 1. The quantitative estimate of drug-likeness (QED) is 0.00704. The third-order valence-corrected chi connectivity index (χ3v) is 23.3. The van der Waals surface area contributed by atoms with Gasteiger partial charge in [0.15, 0.2) is 24.8 Å². The number of alkyl carbamates (subject to hydrolysis) is 1. The number of benzene rings is 4. The fourth-order valence-electron chi connectivity index (χ4n) is 14.7. The van der Waals surface area contributed by atoms with Crippen molar-refractivity contribution in [1.29, 1.82) is 0 Å². The maximum absolute atomic E-state index is 15.4. The van der Waals surface area contributed by atoms with Gasteiger partial charge in [0.25, 0.3) is 0 Å². The van der Waals surface area contributed by atoms with Crippen LogP contribution in [-0.4, -0.2) is 145 Å². The number of phosphoric acid groups is 1. The number of halogens is 9. The van der Waals surface area contributed by atoms with Gasteiger partial charge in [0.2, 0.25) is 9.70 Å². The molecule has 0 unspecified atom stereocenters. The van der Waals surface area contributed by atoms with Crippen molar-refractivity contribution in [2.24, 2.45) is 0 Å². The van der Waals surface area contributed by atoms with Crippen molar-refractivity contribution in [1.82, 2.24) is 10.6 Å². The molecule has 0 spiro atoms. The zero-order valence-corrected chi connectivity index (χ0v) is 75.0. The highest BCUT2D eigenvalue weighted by Crippen LogP contribution is 2.55. The maximum atomic E-state index is 15.4. The number of hydrogen-bond donors (Lipinski definition) is 3. The van der Waals surface area contributed by atoms with Gasteiger partial charge in [0, 0.05) is 6.42 Å². The Bertz CT molecular complexity index is 3750. The van der Waals surface area contributed by atoms with Crippen LogP contribution in [0.4, 0.5) is 31.1 Å². The molecule has 0 saturated carbocycles. The minimum atomic E-state index is -4.89. The van der Waals surface area contributed by atoms with Crippen LogP contribution in [0.5, 0.6) is 0 Å². The second kappa shape index (κ2) is 56.5. The van der Waals surface area contributed by atoms with Crippen molar-refractivity contribution in [2.45, 2.75) is 356 Å². The molecule has 3 N–H and O–H groups in total. The number of nitrogens with one attached hydrogen (secondary N) is 2. The molecule has 124 heavy (non-hydrogen) atoms. The molecule has 3 aliphatic rings. The van der Waals surface area contributed by atoms with E-state index in [0.29, 0.717) is 66.3 Å². The van der Waals surface area contributed by atoms with Crippen molar-refractivity contribution >= 4 is 72.5 Å². The molecule has 4 aromatic rings. The summed E-state index contributed by atoms with van der Waals surface area (Å²) in [6.07, 6.45) is -5.72. The number of carbonyl (C=O) groups excluding carboxylic acids is 5. The van der Waals surface area contributed by atoms with E-state index in [2.05, 4.69) is 38.0 Å². The summed E-state index contributed by atoms with van der Waals surface area (Å²) in [4.78, 5) is 73.5. The van der Waals surface area contributed by atoms with E-state index in [9.17, 15) is 45.8 Å². The van der Waals surface area contributed by atoms with E-state index in [0.717, 1.165) is 133 Å². The fraction of sp³-hybridized carbons (Fsp3) is 0.659. The molecule has 0 bridgehead atoms. The van der Waals surface area contributed by atoms with Crippen molar-refractivity contribution in [3.8, 4) is 0 Å². The van der Waals surface area contributed by atoms with E-state index in [1.54, 1.807) is 54.6 Å². The summed E-state index contributed by atoms with van der Waals surface area (Å²) in [5.41, 5.74) is 0.808. The topological polar surface area (TPSA) is 276 Å². The SMILES string of the molecule is C=CCO[C@H]1O[C@H](CO[C@@H]2O[C@H](COCc3ccccc3)[C@@H](OP3(=O)OCc4ccccc4CO3)[C@H](OC(=O)C[C@@H](CCCCCCC)OCc3ccc(C(F)(F)F)cc3)[C@H]2NC(=O)OCC(Cl)(Cl)Cl)[C@@H](O)[C@H](OC(=O)C[C@@H](CCCCCCC)OCc2ccc(C(F)(F)F)cc2)[C@H]1NC(=O)C[C@@H](CCCCCCC)OC(=O)CCCCCCCCCCC. The van der Waals surface area contributed by atoms with Crippen LogP contribution in [-0.2, 0) is 135 Å². The zero-order valence-electron chi connectivity index (χ0n) is 71.9. The predicted octanol–water partition coefficient (Wildman–Crippen LogP) is 21.5. The monoisotopic (exact) mass is 1830 g/mol. The molecule has 3 heterocycles. The van der Waals surface area contributed by atoms with Crippen molar-refractivity contribution in [3.63, 3.8) is 0 Å². The van der Waals surface area contributed by atoms with Crippen LogP contribution in [0, 0.1) is 0 Å². The maximum Gasteiger partial charge on any atom is 0.475 e. The Morgan fingerprint density at radius 3 is 1.45 bits per heavy atom. The first-order valence-electron chi connectivity index (χ1n) is 44.0. The van der Waals surface area contributed by atoms with Crippen LogP contribution in [0.1, 0.15) is 266 Å². The second-order valence-electron chi connectivity index (χ2n) is 31.9. The smallest absolute Gasteiger partial charge is 0.462 e. The van der Waals surface area contributed by atoms with Gasteiger partial charge in [-0.15, -0.1) is 6.58 Å². The third-order valence-electron chi connectivity index (χ3n) is 21.6. The summed E-state index contributed by atoms with van der Waals surface area (Å²) in [5.74, 6) is -3.20. The second-order valence-corrected chi connectivity index (χ2v) is 36.0. The Kier molecular flexibility index (Phi) is 47.8. The van der Waals surface area contributed by atoms with Gasteiger partial charge in [-0.25, -0.2) is 9.36 Å². The number of unbranched alkanes of at least 4 members (excludes halogenated alkanes) is 20. The van der Waals surface area contributed by atoms with Crippen LogP contribution in [0.25, 0.3) is 0 Å². The average molecular weight is 1840 g/mol. The predicted molar refractivity (Wildman–Crippen MR) is 456 cm³/mol. The van der Waals surface area contributed by atoms with Gasteiger partial charge < -0.3 is 67.8 Å². The third kappa shape index (κ3) is 39.5. The number of rotatable bonds is 58. The number of ether oxygens (including phenoxy) is 11. The first-order chi connectivity index (χ1) is 59.5. The van der Waals surface area contributed by atoms with E-state index in [1.807, 2.05) is 6.92 Å². The highest BCUT2D eigenvalue weighted by Gasteiger charge is 2.56. The molecule has 4 aromatic carbocycles. The molecule has 2 amide bonds. The molecule has 23 nitrogen and oxygen atoms in total. The number of esters is 3. The summed E-state index contributed by atoms with van der Waals surface area (Å²) in [7, 11) is -4.89. The molecule has 2 saturated heterocycles. The lowest BCUT2D eigenvalue weighted by Gasteiger charge is -2.47. The zero-order chi connectivity index (χ0) is 89.8. The molecule has 0 aromatic heterocycles. The number of aliphatic hydroxyl groups excluding tert-OH is 1. The number of hydrogen-bond acceptors (Lipinski definition) is 21. The van der Waals surface area contributed by atoms with Crippen LogP contribution < -0.4 is 10.6 Å². The highest BCUT2D eigenvalue weighted by atomic mass is 35.6. The van der Waals surface area contributed by atoms with Gasteiger partial charge >= 0.3 is 44.2 Å². The van der Waals surface area contributed by atoms with Gasteiger partial charge in [-0.3, -0.25) is 32.7 Å². The molecular formula is C91H128Cl3F6N2O21P. The molecule has 3 aliphatic heterocycles. The Hall–Kier alpha value is -5.99. The van der Waals surface area contributed by atoms with Gasteiger partial charge in [0.05, 0.1) is 95.5 Å². The van der Waals surface area contributed by atoms with Gasteiger partial charge in [-0.2, -0.15) is 26.3 Å². The first-order valence-corrected chi connectivity index (χ1v) is 46.6. The van der Waals surface area contributed by atoms with Crippen LogP contribution >= 0.6 is 42.6 Å². The van der Waals surface area contributed by atoms with Gasteiger partial charge in [-0.1, -0.05) is 289 Å². The summed E-state index contributed by atoms with van der Waals surface area (Å²) < 4.78 is 184. The molecule has 0 radical (unpaired) electrons. The fourth-order valence-corrected chi connectivity index (χ4v) is 16.2. The van der Waals surface area contributed by atoms with Crippen molar-refractivity contribution in [3.05, 3.63) is 155 Å². The Labute approximate surface area is 741 Å². The van der Waals surface area contributed by atoms with Crippen LogP contribution in [0.15, 0.2) is 116 Å². The molecular weight excluding hydrogens is 1710 g/mol. The number of aliphatic hydroxyl groups is 1. The normalized spacial score (nSPS) is 21.1. The van der Waals surface area contributed by atoms with E-state index in [4.69, 9.17) is 100 Å². The van der Waals surface area contributed by atoms with E-state index in [-0.39, 0.29) is 65.3 Å². The van der Waals surface area contributed by atoms with E-state index >= 15 is 14.2 Å². The number of carbonyl (C=O) groups is 5.